The Morgan fingerprint density at radius 2 is 1.88 bits per heavy atom. The predicted octanol–water partition coefficient (Wildman–Crippen LogP) is 2.95. The van der Waals surface area contributed by atoms with Crippen LogP contribution < -0.4 is 5.73 Å². The summed E-state index contributed by atoms with van der Waals surface area (Å²) in [5, 5.41) is 23.2. The molecule has 0 amide bonds. The second-order valence-corrected chi connectivity index (χ2v) is 7.11. The number of nitrogen functional groups attached to an aromatic ring is 1. The van der Waals surface area contributed by atoms with E-state index in [0.29, 0.717) is 21.7 Å². The highest BCUT2D eigenvalue weighted by atomic mass is 32.2. The van der Waals surface area contributed by atoms with Crippen LogP contribution in [0.15, 0.2) is 39.4 Å². The molecule has 0 aliphatic rings. The van der Waals surface area contributed by atoms with Gasteiger partial charge in [0, 0.05) is 17.3 Å². The molecule has 0 saturated carbocycles. The summed E-state index contributed by atoms with van der Waals surface area (Å²) in [6, 6.07) is 6.82. The van der Waals surface area contributed by atoms with Crippen molar-refractivity contribution in [2.24, 2.45) is 10.2 Å². The summed E-state index contributed by atoms with van der Waals surface area (Å²) in [5.74, 6) is 0.0247. The molecule has 0 bridgehead atoms. The molecule has 10 nitrogen and oxygen atoms in total. The molecule has 0 unspecified atom stereocenters. The Balaban J connectivity index is 0.000000487. The molecular formula is C14H19N3O7S2. The molecule has 0 aliphatic carbocycles. The Labute approximate surface area is 155 Å². The number of nitrogens with zero attached hydrogens (tertiary/aromatic N) is 2. The summed E-state index contributed by atoms with van der Waals surface area (Å²) in [4.78, 5) is 4.93. The van der Waals surface area contributed by atoms with Crippen molar-refractivity contribution in [1.82, 2.24) is 0 Å². The van der Waals surface area contributed by atoms with E-state index >= 15 is 0 Å². The summed E-state index contributed by atoms with van der Waals surface area (Å²) in [6.07, 6.45) is 0.993. The van der Waals surface area contributed by atoms with Gasteiger partial charge in [-0.3, -0.25) is 4.18 Å². The van der Waals surface area contributed by atoms with Crippen molar-refractivity contribution in [3.05, 3.63) is 24.3 Å². The lowest BCUT2D eigenvalue weighted by atomic mass is 10.1. The van der Waals surface area contributed by atoms with Gasteiger partial charge in [0.2, 0.25) is 0 Å². The lowest BCUT2D eigenvalue weighted by Crippen LogP contribution is -1.95. The molecule has 0 aromatic heterocycles. The van der Waals surface area contributed by atoms with E-state index in [1.807, 2.05) is 0 Å². The second-order valence-electron chi connectivity index (χ2n) is 4.60. The van der Waals surface area contributed by atoms with Gasteiger partial charge in [-0.1, -0.05) is 11.1 Å². The summed E-state index contributed by atoms with van der Waals surface area (Å²) < 4.78 is 28.1. The highest BCUT2D eigenvalue weighted by molar-refractivity contribution is 7.94. The minimum absolute atomic E-state index is 0.0247. The number of hydrogen-bond acceptors (Lipinski definition) is 11. The molecule has 144 valence electrons. The minimum atomic E-state index is -3.16. The lowest BCUT2D eigenvalue weighted by Gasteiger charge is -2.08. The van der Waals surface area contributed by atoms with Gasteiger partial charge < -0.3 is 10.8 Å². The normalized spacial score (nSPS) is 11.5. The lowest BCUT2D eigenvalue weighted by molar-refractivity contribution is -0.447. The van der Waals surface area contributed by atoms with Gasteiger partial charge in [-0.15, -0.1) is 4.33 Å². The van der Waals surface area contributed by atoms with E-state index < -0.39 is 10.1 Å². The maximum atomic E-state index is 10.1. The number of fused-ring (bicyclic) bond motifs is 1. The van der Waals surface area contributed by atoms with E-state index in [0.717, 1.165) is 30.8 Å². The van der Waals surface area contributed by atoms with Gasteiger partial charge in [-0.05, 0) is 23.6 Å². The molecule has 0 fully saturated rings. The standard InChI is InChI=1S/C12H13N3O4S.C2H6O3S/c1-14-15-9-4-3-7-5-8(20-19-18-17-2)6-10(16)11(7)12(9)13;1-5-6(2,3)4/h3-6,16H,13H2,1-2H3;1-2H3. The topological polar surface area (TPSA) is 142 Å². The molecule has 2 rings (SSSR count). The van der Waals surface area contributed by atoms with Gasteiger partial charge in [-0.25, -0.2) is 4.89 Å². The molecule has 0 saturated heterocycles. The van der Waals surface area contributed by atoms with Gasteiger partial charge in [0.25, 0.3) is 10.1 Å². The maximum Gasteiger partial charge on any atom is 0.264 e. The summed E-state index contributed by atoms with van der Waals surface area (Å²) in [6.45, 7) is 0. The minimum Gasteiger partial charge on any atom is -0.507 e. The number of nitrogens with two attached hydrogens (primary N) is 1. The Hall–Kier alpha value is -1.96. The van der Waals surface area contributed by atoms with Crippen LogP contribution in [0.5, 0.6) is 5.75 Å². The zero-order chi connectivity index (χ0) is 19.7. The maximum absolute atomic E-state index is 10.1. The number of phenols is 1. The molecule has 12 heteroatoms. The van der Waals surface area contributed by atoms with E-state index in [1.54, 1.807) is 25.2 Å². The van der Waals surface area contributed by atoms with Gasteiger partial charge in [0.1, 0.15) is 11.4 Å². The highest BCUT2D eigenvalue weighted by Gasteiger charge is 2.11. The summed E-state index contributed by atoms with van der Waals surface area (Å²) in [7, 11) is 0.833. The quantitative estimate of drug-likeness (QED) is 0.141. The van der Waals surface area contributed by atoms with E-state index in [-0.39, 0.29) is 5.75 Å². The smallest absolute Gasteiger partial charge is 0.264 e. The Morgan fingerprint density at radius 3 is 2.42 bits per heavy atom. The summed E-state index contributed by atoms with van der Waals surface area (Å²) in [5.41, 5.74) is 6.86. The first kappa shape index (κ1) is 22.1. The van der Waals surface area contributed by atoms with Gasteiger partial charge in [-0.2, -0.15) is 18.6 Å². The Kier molecular flexibility index (Phi) is 8.71. The number of benzene rings is 2. The van der Waals surface area contributed by atoms with Crippen LogP contribution >= 0.6 is 12.0 Å². The first-order valence-electron chi connectivity index (χ1n) is 6.88. The van der Waals surface area contributed by atoms with E-state index in [2.05, 4.69) is 28.7 Å². The van der Waals surface area contributed by atoms with Crippen LogP contribution in [0, 0.1) is 0 Å². The van der Waals surface area contributed by atoms with Crippen LogP contribution in [0.2, 0.25) is 0 Å². The van der Waals surface area contributed by atoms with Gasteiger partial charge in [0.05, 0.1) is 38.2 Å². The molecule has 2 aromatic carbocycles. The molecule has 0 atom stereocenters. The number of phenolic OH excluding ortho intramolecular Hbond substituents is 1. The van der Waals surface area contributed by atoms with Crippen LogP contribution in [-0.4, -0.2) is 41.0 Å². The molecule has 2 aromatic rings. The number of anilines is 1. The van der Waals surface area contributed by atoms with Crippen LogP contribution in [0.4, 0.5) is 11.4 Å². The van der Waals surface area contributed by atoms with E-state index in [9.17, 15) is 13.5 Å². The molecule has 0 aliphatic heterocycles. The zero-order valence-electron chi connectivity index (χ0n) is 14.5. The molecule has 26 heavy (non-hydrogen) atoms. The second kappa shape index (κ2) is 10.3. The molecule has 0 spiro atoms. The molecule has 0 heterocycles. The third-order valence-electron chi connectivity index (χ3n) is 2.82. The largest absolute Gasteiger partial charge is 0.507 e. The third-order valence-corrected chi connectivity index (χ3v) is 3.98. The first-order chi connectivity index (χ1) is 12.2. The van der Waals surface area contributed by atoms with Crippen LogP contribution in [0.25, 0.3) is 10.8 Å². The summed E-state index contributed by atoms with van der Waals surface area (Å²) >= 11 is 0.904. The predicted molar refractivity (Wildman–Crippen MR) is 97.4 cm³/mol. The fourth-order valence-corrected chi connectivity index (χ4v) is 2.25. The molecule has 0 radical (unpaired) electrons. The highest BCUT2D eigenvalue weighted by Crippen LogP contribution is 2.39. The molecule has 3 N–H and O–H groups in total. The van der Waals surface area contributed by atoms with E-state index in [4.69, 9.17) is 5.73 Å². The monoisotopic (exact) mass is 405 g/mol. The fourth-order valence-electron chi connectivity index (χ4n) is 1.76. The average Bonchev–Trinajstić information content (AvgIpc) is 2.57. The van der Waals surface area contributed by atoms with Crippen LogP contribution in [0.1, 0.15) is 0 Å². The van der Waals surface area contributed by atoms with Crippen molar-refractivity contribution in [3.63, 3.8) is 0 Å². The Morgan fingerprint density at radius 1 is 1.23 bits per heavy atom. The van der Waals surface area contributed by atoms with Crippen molar-refractivity contribution in [2.75, 3.05) is 33.3 Å². The van der Waals surface area contributed by atoms with Crippen molar-refractivity contribution < 1.29 is 32.0 Å². The molecular weight excluding hydrogens is 386 g/mol. The van der Waals surface area contributed by atoms with Crippen molar-refractivity contribution >= 4 is 44.3 Å². The first-order valence-corrected chi connectivity index (χ1v) is 9.44. The fraction of sp³-hybridized carbons (Fsp3) is 0.286. The average molecular weight is 405 g/mol. The third kappa shape index (κ3) is 6.74. The Bertz CT molecular complexity index is 872. The van der Waals surface area contributed by atoms with Crippen molar-refractivity contribution in [3.8, 4) is 5.75 Å². The van der Waals surface area contributed by atoms with Crippen LogP contribution in [-0.2, 0) is 28.6 Å². The zero-order valence-corrected chi connectivity index (χ0v) is 16.1. The van der Waals surface area contributed by atoms with E-state index in [1.165, 1.54) is 13.2 Å². The number of aromatic hydroxyl groups is 1. The SMILES string of the molecule is CN=Nc1ccc2cc(SOOOC)cc(O)c2c1N.COS(C)(=O)=O. The number of azo groups is 1. The van der Waals surface area contributed by atoms with Crippen molar-refractivity contribution in [2.45, 2.75) is 4.90 Å². The van der Waals surface area contributed by atoms with Gasteiger partial charge >= 0.3 is 0 Å². The van der Waals surface area contributed by atoms with Crippen LogP contribution in [0.3, 0.4) is 0 Å². The number of rotatable bonds is 6. The van der Waals surface area contributed by atoms with Gasteiger partial charge in [0.15, 0.2) is 0 Å². The van der Waals surface area contributed by atoms with Crippen molar-refractivity contribution in [1.29, 1.82) is 0 Å². The number of hydrogen-bond donors (Lipinski definition) is 2.